The van der Waals surface area contributed by atoms with Gasteiger partial charge in [-0.05, 0) is 92.5 Å². The minimum atomic E-state index is -0.958. The number of hydrogen-bond acceptors (Lipinski definition) is 4. The van der Waals surface area contributed by atoms with Crippen LogP contribution in [0.15, 0.2) is 48.5 Å². The number of ether oxygens (including phenoxy) is 2. The average Bonchev–Trinajstić information content (AvgIpc) is 2.71. The minimum absolute atomic E-state index is 0.111. The molecule has 4 bridgehead atoms. The van der Waals surface area contributed by atoms with Crippen molar-refractivity contribution in [2.75, 3.05) is 0 Å². The summed E-state index contributed by atoms with van der Waals surface area (Å²) in [4.78, 5) is 22.3. The fourth-order valence-electron chi connectivity index (χ4n) is 5.99. The Morgan fingerprint density at radius 2 is 1.27 bits per heavy atom. The van der Waals surface area contributed by atoms with E-state index in [2.05, 4.69) is 0 Å². The first-order valence-corrected chi connectivity index (χ1v) is 10.4. The first kappa shape index (κ1) is 19.0. The molecule has 0 aliphatic heterocycles. The molecule has 4 saturated carbocycles. The Kier molecular flexibility index (Phi) is 4.45. The van der Waals surface area contributed by atoms with E-state index in [1.54, 1.807) is 48.5 Å². The number of carbonyl (C=O) groups is 2. The summed E-state index contributed by atoms with van der Waals surface area (Å²) >= 11 is 0. The molecule has 6 heteroatoms. The summed E-state index contributed by atoms with van der Waals surface area (Å²) < 4.78 is 13.0. The quantitative estimate of drug-likeness (QED) is 0.732. The van der Waals surface area contributed by atoms with Gasteiger partial charge in [0.25, 0.3) is 0 Å². The van der Waals surface area contributed by atoms with Crippen molar-refractivity contribution in [3.8, 4) is 11.5 Å². The second-order valence-electron chi connectivity index (χ2n) is 8.97. The molecule has 6 nitrogen and oxygen atoms in total. The first-order chi connectivity index (χ1) is 14.4. The molecule has 2 aromatic rings. The van der Waals surface area contributed by atoms with Gasteiger partial charge in [0.2, 0.25) is 0 Å². The van der Waals surface area contributed by atoms with Gasteiger partial charge in [0.05, 0.1) is 11.1 Å². The SMILES string of the molecule is O=C(O)c1ccc(OC2C3CC4CC(C3)CC2(Oc2ccc(C(=O)O)cc2)C4)cc1. The lowest BCUT2D eigenvalue weighted by Gasteiger charge is -2.59. The van der Waals surface area contributed by atoms with Crippen molar-refractivity contribution in [1.29, 1.82) is 0 Å². The third-order valence-electron chi connectivity index (χ3n) is 6.94. The lowest BCUT2D eigenvalue weighted by atomic mass is 9.52. The molecule has 0 amide bonds. The highest BCUT2D eigenvalue weighted by Crippen LogP contribution is 2.58. The molecule has 0 radical (unpaired) electrons. The predicted molar refractivity (Wildman–Crippen MR) is 108 cm³/mol. The second-order valence-corrected chi connectivity index (χ2v) is 8.97. The molecule has 4 aliphatic carbocycles. The normalized spacial score (nSPS) is 31.3. The van der Waals surface area contributed by atoms with E-state index in [0.717, 1.165) is 25.7 Å². The molecule has 3 atom stereocenters. The van der Waals surface area contributed by atoms with Crippen molar-refractivity contribution >= 4 is 11.9 Å². The Hall–Kier alpha value is -3.02. The zero-order valence-corrected chi connectivity index (χ0v) is 16.5. The fourth-order valence-corrected chi connectivity index (χ4v) is 5.99. The van der Waals surface area contributed by atoms with Gasteiger partial charge in [0.15, 0.2) is 0 Å². The summed E-state index contributed by atoms with van der Waals surface area (Å²) in [6, 6.07) is 13.1. The van der Waals surface area contributed by atoms with Gasteiger partial charge in [-0.2, -0.15) is 0 Å². The summed E-state index contributed by atoms with van der Waals surface area (Å²) in [6.45, 7) is 0. The van der Waals surface area contributed by atoms with E-state index in [0.29, 0.717) is 29.3 Å². The molecule has 2 aromatic carbocycles. The number of rotatable bonds is 6. The molecule has 30 heavy (non-hydrogen) atoms. The van der Waals surface area contributed by atoms with Crippen molar-refractivity contribution in [3.63, 3.8) is 0 Å². The van der Waals surface area contributed by atoms with E-state index in [4.69, 9.17) is 19.7 Å². The van der Waals surface area contributed by atoms with Gasteiger partial charge in [-0.15, -0.1) is 0 Å². The molecule has 0 heterocycles. The molecular formula is C24H24O6. The molecule has 6 rings (SSSR count). The Balaban J connectivity index is 1.42. The third-order valence-corrected chi connectivity index (χ3v) is 6.94. The predicted octanol–water partition coefficient (Wildman–Crippen LogP) is 4.49. The van der Waals surface area contributed by atoms with Gasteiger partial charge >= 0.3 is 11.9 Å². The summed E-state index contributed by atoms with van der Waals surface area (Å²) in [7, 11) is 0. The molecule has 0 saturated heterocycles. The molecular weight excluding hydrogens is 384 g/mol. The van der Waals surface area contributed by atoms with E-state index < -0.39 is 17.5 Å². The van der Waals surface area contributed by atoms with Crippen LogP contribution < -0.4 is 9.47 Å². The average molecular weight is 408 g/mol. The van der Waals surface area contributed by atoms with Crippen LogP contribution in [-0.2, 0) is 0 Å². The van der Waals surface area contributed by atoms with Crippen molar-refractivity contribution < 1.29 is 29.3 Å². The number of carboxylic acids is 2. The number of benzene rings is 2. The van der Waals surface area contributed by atoms with Gasteiger partial charge in [-0.1, -0.05) is 0 Å². The zero-order chi connectivity index (χ0) is 20.9. The molecule has 0 spiro atoms. The number of carboxylic acid groups (broad SMARTS) is 2. The van der Waals surface area contributed by atoms with Crippen molar-refractivity contribution in [3.05, 3.63) is 59.7 Å². The lowest BCUT2D eigenvalue weighted by molar-refractivity contribution is -0.180. The zero-order valence-electron chi connectivity index (χ0n) is 16.5. The van der Waals surface area contributed by atoms with E-state index in [1.165, 1.54) is 6.42 Å². The van der Waals surface area contributed by atoms with Gasteiger partial charge in [-0.3, -0.25) is 0 Å². The highest BCUT2D eigenvalue weighted by atomic mass is 16.6. The van der Waals surface area contributed by atoms with E-state index >= 15 is 0 Å². The Bertz CT molecular complexity index is 950. The number of hydrogen-bond donors (Lipinski definition) is 2. The van der Waals surface area contributed by atoms with Crippen LogP contribution in [0.25, 0.3) is 0 Å². The maximum atomic E-state index is 11.1. The maximum absolute atomic E-state index is 11.1. The van der Waals surface area contributed by atoms with Crippen molar-refractivity contribution in [2.24, 2.45) is 17.8 Å². The van der Waals surface area contributed by atoms with Crippen LogP contribution in [0.4, 0.5) is 0 Å². The van der Waals surface area contributed by atoms with Crippen LogP contribution in [0.2, 0.25) is 0 Å². The first-order valence-electron chi connectivity index (χ1n) is 10.4. The van der Waals surface area contributed by atoms with Gasteiger partial charge in [0, 0.05) is 5.92 Å². The van der Waals surface area contributed by atoms with Crippen molar-refractivity contribution in [1.82, 2.24) is 0 Å². The fraction of sp³-hybridized carbons (Fsp3) is 0.417. The Morgan fingerprint density at radius 1 is 0.767 bits per heavy atom. The van der Waals surface area contributed by atoms with E-state index in [1.807, 2.05) is 0 Å². The van der Waals surface area contributed by atoms with Crippen LogP contribution in [0.1, 0.15) is 52.8 Å². The highest BCUT2D eigenvalue weighted by Gasteiger charge is 2.60. The number of aromatic carboxylic acids is 2. The maximum Gasteiger partial charge on any atom is 0.335 e. The largest absolute Gasteiger partial charge is 0.486 e. The van der Waals surface area contributed by atoms with Crippen molar-refractivity contribution in [2.45, 2.75) is 43.8 Å². The van der Waals surface area contributed by atoms with Crippen LogP contribution in [0.3, 0.4) is 0 Å². The third kappa shape index (κ3) is 3.30. The van der Waals surface area contributed by atoms with Crippen LogP contribution >= 0.6 is 0 Å². The molecule has 156 valence electrons. The van der Waals surface area contributed by atoms with E-state index in [-0.39, 0.29) is 17.2 Å². The smallest absolute Gasteiger partial charge is 0.335 e. The van der Waals surface area contributed by atoms with E-state index in [9.17, 15) is 9.59 Å². The van der Waals surface area contributed by atoms with Gasteiger partial charge < -0.3 is 19.7 Å². The van der Waals surface area contributed by atoms with Crippen LogP contribution in [-0.4, -0.2) is 33.9 Å². The summed E-state index contributed by atoms with van der Waals surface area (Å²) in [5.41, 5.74) is 0.0291. The molecule has 3 unspecified atom stereocenters. The summed E-state index contributed by atoms with van der Waals surface area (Å²) in [5, 5.41) is 18.3. The van der Waals surface area contributed by atoms with Gasteiger partial charge in [0.1, 0.15) is 23.2 Å². The molecule has 4 fully saturated rings. The van der Waals surface area contributed by atoms with Crippen LogP contribution in [0.5, 0.6) is 11.5 Å². The molecule has 0 aromatic heterocycles. The lowest BCUT2D eigenvalue weighted by Crippen LogP contribution is -2.65. The minimum Gasteiger partial charge on any atom is -0.486 e. The Labute approximate surface area is 174 Å². The van der Waals surface area contributed by atoms with Crippen LogP contribution in [0, 0.1) is 17.8 Å². The topological polar surface area (TPSA) is 93.1 Å². The summed E-state index contributed by atoms with van der Waals surface area (Å²) in [5.74, 6) is 1.08. The Morgan fingerprint density at radius 3 is 1.77 bits per heavy atom. The second kappa shape index (κ2) is 7.04. The summed E-state index contributed by atoms with van der Waals surface area (Å²) in [6.07, 6.45) is 5.27. The molecule has 4 aliphatic rings. The standard InChI is InChI=1S/C24H24O6/c25-22(26)16-1-5-19(6-2-16)29-21-18-10-14-9-15(11-18)13-24(21,12-14)30-20-7-3-17(4-8-20)23(27)28/h1-8,14-15,18,21H,9-13H2,(H,25,26)(H,27,28). The molecule has 2 N–H and O–H groups in total. The monoisotopic (exact) mass is 408 g/mol. The highest BCUT2D eigenvalue weighted by molar-refractivity contribution is 5.88. The van der Waals surface area contributed by atoms with Gasteiger partial charge in [-0.25, -0.2) is 9.59 Å².